The Morgan fingerprint density at radius 1 is 1.26 bits per heavy atom. The molecule has 2 rings (SSSR count). The Morgan fingerprint density at radius 2 is 1.91 bits per heavy atom. The first-order chi connectivity index (χ1) is 11.0. The molecule has 1 aromatic carbocycles. The Balaban J connectivity index is 2.13. The molecule has 1 aliphatic heterocycles. The Bertz CT molecular complexity index is 650. The number of nitrogens with zero attached hydrogens (tertiary/aromatic N) is 1. The van der Waals surface area contributed by atoms with Crippen LogP contribution in [0.4, 0.5) is 10.1 Å². The lowest BCUT2D eigenvalue weighted by Gasteiger charge is -2.25. The highest BCUT2D eigenvalue weighted by Gasteiger charge is 2.27. The summed E-state index contributed by atoms with van der Waals surface area (Å²) in [4.78, 5) is 36.3. The molecule has 1 saturated heterocycles. The standard InChI is InChI=1S/C14H16FN3O5/c1-22-10-5-8(15)9(6-11(10)23-2)17-13(20)14(21)18-4-3-16-12(19)7-18/h5-6H,3-4,7H2,1-2H3,(H,16,19)(H,17,20). The van der Waals surface area contributed by atoms with Crippen LogP contribution in [-0.4, -0.2) is 56.5 Å². The molecule has 8 nitrogen and oxygen atoms in total. The van der Waals surface area contributed by atoms with Crippen molar-refractivity contribution in [2.75, 3.05) is 39.2 Å². The minimum atomic E-state index is -1.04. The highest BCUT2D eigenvalue weighted by Crippen LogP contribution is 2.32. The zero-order valence-corrected chi connectivity index (χ0v) is 12.6. The average molecular weight is 325 g/mol. The van der Waals surface area contributed by atoms with Crippen molar-refractivity contribution in [2.45, 2.75) is 0 Å². The molecule has 0 unspecified atom stereocenters. The number of methoxy groups -OCH3 is 2. The van der Waals surface area contributed by atoms with Crippen molar-refractivity contribution >= 4 is 23.4 Å². The molecular formula is C14H16FN3O5. The smallest absolute Gasteiger partial charge is 0.314 e. The lowest BCUT2D eigenvalue weighted by molar-refractivity contribution is -0.146. The number of amides is 3. The number of benzene rings is 1. The summed E-state index contributed by atoms with van der Waals surface area (Å²) in [6.07, 6.45) is 0. The second-order valence-corrected chi connectivity index (χ2v) is 4.72. The fraction of sp³-hybridized carbons (Fsp3) is 0.357. The third-order valence-corrected chi connectivity index (χ3v) is 3.24. The zero-order valence-electron chi connectivity index (χ0n) is 12.6. The first kappa shape index (κ1) is 16.5. The molecule has 2 N–H and O–H groups in total. The van der Waals surface area contributed by atoms with E-state index in [0.717, 1.165) is 11.0 Å². The van der Waals surface area contributed by atoms with Crippen LogP contribution in [0.2, 0.25) is 0 Å². The van der Waals surface area contributed by atoms with E-state index in [1.54, 1.807) is 0 Å². The van der Waals surface area contributed by atoms with Gasteiger partial charge in [0.25, 0.3) is 0 Å². The maximum atomic E-state index is 13.9. The monoisotopic (exact) mass is 325 g/mol. The van der Waals surface area contributed by atoms with E-state index in [-0.39, 0.29) is 42.7 Å². The molecule has 1 fully saturated rings. The molecule has 1 heterocycles. The Labute approximate surface area is 131 Å². The van der Waals surface area contributed by atoms with Crippen LogP contribution < -0.4 is 20.1 Å². The van der Waals surface area contributed by atoms with E-state index < -0.39 is 17.6 Å². The molecule has 23 heavy (non-hydrogen) atoms. The van der Waals surface area contributed by atoms with Crippen molar-refractivity contribution < 1.29 is 28.2 Å². The predicted molar refractivity (Wildman–Crippen MR) is 77.7 cm³/mol. The fourth-order valence-electron chi connectivity index (χ4n) is 2.08. The van der Waals surface area contributed by atoms with Crippen LogP contribution in [-0.2, 0) is 14.4 Å². The van der Waals surface area contributed by atoms with Crippen molar-refractivity contribution in [1.82, 2.24) is 10.2 Å². The summed E-state index contributed by atoms with van der Waals surface area (Å²) >= 11 is 0. The summed E-state index contributed by atoms with van der Waals surface area (Å²) in [7, 11) is 2.71. The Kier molecular flexibility index (Phi) is 4.99. The van der Waals surface area contributed by atoms with Gasteiger partial charge in [0.05, 0.1) is 19.9 Å². The average Bonchev–Trinajstić information content (AvgIpc) is 2.55. The summed E-state index contributed by atoms with van der Waals surface area (Å²) in [5.74, 6) is -2.72. The van der Waals surface area contributed by atoms with Crippen LogP contribution in [0.1, 0.15) is 0 Å². The molecule has 0 aromatic heterocycles. The first-order valence-electron chi connectivity index (χ1n) is 6.74. The summed E-state index contributed by atoms with van der Waals surface area (Å²) in [6.45, 7) is 0.273. The normalized spacial score (nSPS) is 14.0. The number of halogens is 1. The van der Waals surface area contributed by atoms with Gasteiger partial charge in [0.15, 0.2) is 17.3 Å². The molecule has 124 valence electrons. The second kappa shape index (κ2) is 6.95. The summed E-state index contributed by atoms with van der Waals surface area (Å²) in [5, 5.41) is 4.71. The van der Waals surface area contributed by atoms with Crippen LogP contribution in [0.15, 0.2) is 12.1 Å². The van der Waals surface area contributed by atoms with E-state index in [1.165, 1.54) is 20.3 Å². The lowest BCUT2D eigenvalue weighted by atomic mass is 10.2. The van der Waals surface area contributed by atoms with Crippen molar-refractivity contribution in [3.8, 4) is 11.5 Å². The second-order valence-electron chi connectivity index (χ2n) is 4.72. The summed E-state index contributed by atoms with van der Waals surface area (Å²) in [6, 6.07) is 2.25. The molecule has 0 spiro atoms. The van der Waals surface area contributed by atoms with Gasteiger partial charge in [-0.1, -0.05) is 0 Å². The van der Waals surface area contributed by atoms with Crippen molar-refractivity contribution in [3.05, 3.63) is 17.9 Å². The molecule has 1 aliphatic rings. The van der Waals surface area contributed by atoms with Gasteiger partial charge in [-0.25, -0.2) is 4.39 Å². The zero-order chi connectivity index (χ0) is 17.0. The molecular weight excluding hydrogens is 309 g/mol. The molecule has 0 radical (unpaired) electrons. The van der Waals surface area contributed by atoms with Gasteiger partial charge < -0.3 is 25.0 Å². The molecule has 0 atom stereocenters. The number of anilines is 1. The van der Waals surface area contributed by atoms with Crippen LogP contribution in [0, 0.1) is 5.82 Å². The SMILES string of the molecule is COc1cc(F)c(NC(=O)C(=O)N2CCNC(=O)C2)cc1OC. The van der Waals surface area contributed by atoms with Gasteiger partial charge in [-0.05, 0) is 0 Å². The van der Waals surface area contributed by atoms with E-state index in [4.69, 9.17) is 9.47 Å². The van der Waals surface area contributed by atoms with Gasteiger partial charge in [-0.3, -0.25) is 14.4 Å². The number of nitrogens with one attached hydrogen (secondary N) is 2. The summed E-state index contributed by atoms with van der Waals surface area (Å²) in [5.41, 5.74) is -0.220. The third kappa shape index (κ3) is 3.68. The van der Waals surface area contributed by atoms with Crippen molar-refractivity contribution in [1.29, 1.82) is 0 Å². The molecule has 0 saturated carbocycles. The van der Waals surface area contributed by atoms with E-state index in [0.29, 0.717) is 0 Å². The van der Waals surface area contributed by atoms with Crippen LogP contribution in [0.25, 0.3) is 0 Å². The first-order valence-corrected chi connectivity index (χ1v) is 6.74. The molecule has 9 heteroatoms. The third-order valence-electron chi connectivity index (χ3n) is 3.24. The quantitative estimate of drug-likeness (QED) is 0.746. The van der Waals surface area contributed by atoms with Gasteiger partial charge >= 0.3 is 11.8 Å². The number of ether oxygens (including phenoxy) is 2. The van der Waals surface area contributed by atoms with E-state index in [1.807, 2.05) is 0 Å². The van der Waals surface area contributed by atoms with Gasteiger partial charge in [0, 0.05) is 25.2 Å². The minimum absolute atomic E-state index is 0.155. The number of carbonyl (C=O) groups is 3. The number of carbonyl (C=O) groups excluding carboxylic acids is 3. The Morgan fingerprint density at radius 3 is 2.52 bits per heavy atom. The maximum Gasteiger partial charge on any atom is 0.314 e. The van der Waals surface area contributed by atoms with Gasteiger partial charge in [0.2, 0.25) is 5.91 Å². The number of piperazine rings is 1. The molecule has 0 bridgehead atoms. The summed E-state index contributed by atoms with van der Waals surface area (Å²) < 4.78 is 23.9. The minimum Gasteiger partial charge on any atom is -0.493 e. The van der Waals surface area contributed by atoms with Crippen LogP contribution >= 0.6 is 0 Å². The predicted octanol–water partition coefficient (Wildman–Crippen LogP) is -0.260. The maximum absolute atomic E-state index is 13.9. The lowest BCUT2D eigenvalue weighted by Crippen LogP contribution is -2.52. The molecule has 1 aromatic rings. The topological polar surface area (TPSA) is 97.0 Å². The van der Waals surface area contributed by atoms with Gasteiger partial charge in [0.1, 0.15) is 6.54 Å². The highest BCUT2D eigenvalue weighted by atomic mass is 19.1. The number of hydrogen-bond donors (Lipinski definition) is 2. The van der Waals surface area contributed by atoms with Gasteiger partial charge in [-0.15, -0.1) is 0 Å². The number of hydrogen-bond acceptors (Lipinski definition) is 5. The highest BCUT2D eigenvalue weighted by molar-refractivity contribution is 6.39. The van der Waals surface area contributed by atoms with E-state index in [2.05, 4.69) is 10.6 Å². The molecule has 3 amide bonds. The largest absolute Gasteiger partial charge is 0.493 e. The van der Waals surface area contributed by atoms with Crippen LogP contribution in [0.3, 0.4) is 0 Å². The van der Waals surface area contributed by atoms with E-state index in [9.17, 15) is 18.8 Å². The molecule has 0 aliphatic carbocycles. The van der Waals surface area contributed by atoms with Crippen molar-refractivity contribution in [3.63, 3.8) is 0 Å². The number of rotatable bonds is 3. The Hall–Kier alpha value is -2.84. The van der Waals surface area contributed by atoms with Crippen LogP contribution in [0.5, 0.6) is 11.5 Å². The van der Waals surface area contributed by atoms with E-state index >= 15 is 0 Å². The fourth-order valence-corrected chi connectivity index (χ4v) is 2.08. The van der Waals surface area contributed by atoms with Crippen molar-refractivity contribution in [2.24, 2.45) is 0 Å². The van der Waals surface area contributed by atoms with Gasteiger partial charge in [-0.2, -0.15) is 0 Å².